The van der Waals surface area contributed by atoms with E-state index in [0.717, 1.165) is 25.3 Å². The van der Waals surface area contributed by atoms with Gasteiger partial charge in [0.25, 0.3) is 0 Å². The number of hydrogen-bond acceptors (Lipinski definition) is 4. The van der Waals surface area contributed by atoms with Crippen molar-refractivity contribution in [2.75, 3.05) is 20.8 Å². The third-order valence-electron chi connectivity index (χ3n) is 4.05. The lowest BCUT2D eigenvalue weighted by Gasteiger charge is -2.18. The summed E-state index contributed by atoms with van der Waals surface area (Å²) >= 11 is 0. The maximum absolute atomic E-state index is 5.18. The Morgan fingerprint density at radius 2 is 2.16 bits per heavy atom. The van der Waals surface area contributed by atoms with Crippen LogP contribution in [0.25, 0.3) is 0 Å². The van der Waals surface area contributed by atoms with E-state index in [0.29, 0.717) is 12.0 Å². The van der Waals surface area contributed by atoms with Crippen LogP contribution in [0, 0.1) is 0 Å². The molecule has 5 nitrogen and oxygen atoms in total. The van der Waals surface area contributed by atoms with Gasteiger partial charge in [-0.2, -0.15) is 0 Å². The monoisotopic (exact) mass is 266 g/mol. The molecule has 1 fully saturated rings. The highest BCUT2D eigenvalue weighted by molar-refractivity contribution is 5.17. The molecule has 0 spiro atoms. The summed E-state index contributed by atoms with van der Waals surface area (Å²) in [4.78, 5) is 0. The molecule has 1 heterocycles. The summed E-state index contributed by atoms with van der Waals surface area (Å²) in [6.07, 6.45) is 6.21. The predicted molar refractivity (Wildman–Crippen MR) is 75.2 cm³/mol. The molecule has 1 aromatic heterocycles. The summed E-state index contributed by atoms with van der Waals surface area (Å²) in [6, 6.07) is 0.355. The van der Waals surface area contributed by atoms with Crippen LogP contribution in [0.3, 0.4) is 0 Å². The average molecular weight is 266 g/mol. The van der Waals surface area contributed by atoms with Crippen LogP contribution in [-0.4, -0.2) is 35.8 Å². The molecule has 0 saturated heterocycles. The van der Waals surface area contributed by atoms with E-state index in [9.17, 15) is 0 Å². The van der Waals surface area contributed by atoms with Crippen LogP contribution < -0.4 is 5.32 Å². The molecule has 108 valence electrons. The Morgan fingerprint density at radius 1 is 1.42 bits per heavy atom. The first-order valence-corrected chi connectivity index (χ1v) is 7.35. The molecule has 1 saturated carbocycles. The van der Waals surface area contributed by atoms with Crippen molar-refractivity contribution in [3.8, 4) is 0 Å². The lowest BCUT2D eigenvalue weighted by Crippen LogP contribution is -2.16. The molecular formula is C14H26N4O. The molecule has 0 amide bonds. The average Bonchev–Trinajstić information content (AvgIpc) is 3.04. The Balaban J connectivity index is 2.21. The number of aromatic nitrogens is 3. The molecule has 0 radical (unpaired) electrons. The second-order valence-electron chi connectivity index (χ2n) is 5.51. The quantitative estimate of drug-likeness (QED) is 0.822. The number of hydrogen-bond donors (Lipinski definition) is 1. The summed E-state index contributed by atoms with van der Waals surface area (Å²) in [6.45, 7) is 3.78. The Hall–Kier alpha value is -0.940. The smallest absolute Gasteiger partial charge is 0.0999 e. The summed E-state index contributed by atoms with van der Waals surface area (Å²) in [5.41, 5.74) is 2.48. The minimum absolute atomic E-state index is 0.355. The number of methoxy groups -OCH3 is 1. The maximum Gasteiger partial charge on any atom is 0.0999 e. The molecule has 1 N–H and O–H groups in total. The lowest BCUT2D eigenvalue weighted by molar-refractivity contribution is 0.177. The Bertz CT molecular complexity index is 385. The topological polar surface area (TPSA) is 52.0 Å². The van der Waals surface area contributed by atoms with Gasteiger partial charge in [0.2, 0.25) is 0 Å². The van der Waals surface area contributed by atoms with Gasteiger partial charge in [-0.1, -0.05) is 18.1 Å². The molecule has 0 bridgehead atoms. The second kappa shape index (κ2) is 7.01. The first-order valence-electron chi connectivity index (χ1n) is 7.35. The highest BCUT2D eigenvalue weighted by Crippen LogP contribution is 2.36. The van der Waals surface area contributed by atoms with Gasteiger partial charge in [0.1, 0.15) is 0 Å². The van der Waals surface area contributed by atoms with Crippen LogP contribution in [0.5, 0.6) is 0 Å². The molecule has 1 aliphatic rings. The van der Waals surface area contributed by atoms with Gasteiger partial charge in [0.15, 0.2) is 0 Å². The standard InChI is InChI=1S/C14H26N4O/c1-11(8-9-19-3)18-14(12-6-4-5-7-12)13(10-15-2)16-17-18/h11-12,15H,4-10H2,1-3H3. The number of nitrogens with zero attached hydrogens (tertiary/aromatic N) is 3. The zero-order chi connectivity index (χ0) is 13.7. The minimum Gasteiger partial charge on any atom is -0.385 e. The van der Waals surface area contributed by atoms with Crippen molar-refractivity contribution in [2.45, 2.75) is 57.5 Å². The van der Waals surface area contributed by atoms with Crippen LogP contribution in [0.2, 0.25) is 0 Å². The highest BCUT2D eigenvalue weighted by atomic mass is 16.5. The van der Waals surface area contributed by atoms with Gasteiger partial charge in [-0.25, -0.2) is 4.68 Å². The van der Waals surface area contributed by atoms with Gasteiger partial charge in [0, 0.05) is 26.2 Å². The van der Waals surface area contributed by atoms with Gasteiger partial charge < -0.3 is 10.1 Å². The van der Waals surface area contributed by atoms with E-state index in [4.69, 9.17) is 4.74 Å². The highest BCUT2D eigenvalue weighted by Gasteiger charge is 2.26. The Labute approximate surface area is 115 Å². The molecule has 1 aromatic rings. The van der Waals surface area contributed by atoms with Gasteiger partial charge >= 0.3 is 0 Å². The van der Waals surface area contributed by atoms with Crippen molar-refractivity contribution in [3.05, 3.63) is 11.4 Å². The van der Waals surface area contributed by atoms with E-state index in [2.05, 4.69) is 27.2 Å². The fraction of sp³-hybridized carbons (Fsp3) is 0.857. The molecule has 2 rings (SSSR count). The van der Waals surface area contributed by atoms with Gasteiger partial charge in [0.05, 0.1) is 17.4 Å². The number of ether oxygens (including phenoxy) is 1. The first kappa shape index (κ1) is 14.5. The number of nitrogens with one attached hydrogen (secondary N) is 1. The molecule has 1 atom stereocenters. The summed E-state index contributed by atoms with van der Waals surface area (Å²) in [5, 5.41) is 12.0. The van der Waals surface area contributed by atoms with E-state index in [1.807, 2.05) is 7.05 Å². The Morgan fingerprint density at radius 3 is 2.79 bits per heavy atom. The SMILES string of the molecule is CNCc1nnn(C(C)CCOC)c1C1CCCC1. The van der Waals surface area contributed by atoms with Gasteiger partial charge in [-0.15, -0.1) is 5.10 Å². The van der Waals surface area contributed by atoms with Crippen LogP contribution in [0.4, 0.5) is 0 Å². The van der Waals surface area contributed by atoms with Gasteiger partial charge in [-0.05, 0) is 33.2 Å². The second-order valence-corrected chi connectivity index (χ2v) is 5.51. The molecule has 1 aliphatic carbocycles. The van der Waals surface area contributed by atoms with E-state index in [1.165, 1.54) is 31.4 Å². The predicted octanol–water partition coefficient (Wildman–Crippen LogP) is 2.25. The van der Waals surface area contributed by atoms with Crippen molar-refractivity contribution < 1.29 is 4.74 Å². The molecule has 1 unspecified atom stereocenters. The van der Waals surface area contributed by atoms with Crippen molar-refractivity contribution in [3.63, 3.8) is 0 Å². The molecule has 19 heavy (non-hydrogen) atoms. The van der Waals surface area contributed by atoms with Crippen molar-refractivity contribution in [1.82, 2.24) is 20.3 Å². The van der Waals surface area contributed by atoms with Crippen LogP contribution in [0.15, 0.2) is 0 Å². The molecule has 5 heteroatoms. The zero-order valence-electron chi connectivity index (χ0n) is 12.4. The van der Waals surface area contributed by atoms with Crippen molar-refractivity contribution in [2.24, 2.45) is 0 Å². The summed E-state index contributed by atoms with van der Waals surface area (Å²) in [7, 11) is 3.71. The normalized spacial score (nSPS) is 18.1. The third-order valence-corrected chi connectivity index (χ3v) is 4.05. The largest absolute Gasteiger partial charge is 0.385 e. The van der Waals surface area contributed by atoms with Gasteiger partial charge in [-0.3, -0.25) is 0 Å². The van der Waals surface area contributed by atoms with Crippen LogP contribution in [0.1, 0.15) is 62.4 Å². The molecule has 0 aromatic carbocycles. The first-order chi connectivity index (χ1) is 9.27. The van der Waals surface area contributed by atoms with E-state index >= 15 is 0 Å². The molecule has 0 aliphatic heterocycles. The number of rotatable bonds is 7. The summed E-state index contributed by atoms with van der Waals surface area (Å²) in [5.74, 6) is 0.642. The fourth-order valence-corrected chi connectivity index (χ4v) is 2.99. The van der Waals surface area contributed by atoms with Crippen molar-refractivity contribution in [1.29, 1.82) is 0 Å². The summed E-state index contributed by atoms with van der Waals surface area (Å²) < 4.78 is 7.32. The van der Waals surface area contributed by atoms with Crippen LogP contribution >= 0.6 is 0 Å². The lowest BCUT2D eigenvalue weighted by atomic mass is 10.0. The Kier molecular flexibility index (Phi) is 5.34. The van der Waals surface area contributed by atoms with E-state index in [1.54, 1.807) is 7.11 Å². The zero-order valence-corrected chi connectivity index (χ0v) is 12.4. The maximum atomic E-state index is 5.18. The molecular weight excluding hydrogens is 240 g/mol. The fourth-order valence-electron chi connectivity index (χ4n) is 2.99. The third kappa shape index (κ3) is 3.34. The van der Waals surface area contributed by atoms with E-state index < -0.39 is 0 Å². The minimum atomic E-state index is 0.355. The van der Waals surface area contributed by atoms with Crippen molar-refractivity contribution >= 4 is 0 Å². The van der Waals surface area contributed by atoms with Crippen LogP contribution in [-0.2, 0) is 11.3 Å². The van der Waals surface area contributed by atoms with E-state index in [-0.39, 0.29) is 0 Å².